The zero-order valence-corrected chi connectivity index (χ0v) is 18.2. The van der Waals surface area contributed by atoms with E-state index < -0.39 is 5.97 Å². The average molecular weight is 437 g/mol. The van der Waals surface area contributed by atoms with Gasteiger partial charge >= 0.3 is 5.97 Å². The number of hydrazone groups is 1. The van der Waals surface area contributed by atoms with Gasteiger partial charge in [-0.1, -0.05) is 32.0 Å². The van der Waals surface area contributed by atoms with E-state index in [0.717, 1.165) is 12.0 Å². The van der Waals surface area contributed by atoms with Crippen LogP contribution < -0.4 is 14.9 Å². The summed E-state index contributed by atoms with van der Waals surface area (Å²) in [5.74, 6) is 0.821. The predicted octanol–water partition coefficient (Wildman–Crippen LogP) is 5.01. The molecule has 0 spiro atoms. The zero-order valence-electron chi connectivity index (χ0n) is 17.4. The molecule has 6 nitrogen and oxygen atoms in total. The van der Waals surface area contributed by atoms with E-state index >= 15 is 0 Å². The molecule has 1 atom stereocenters. The first-order valence-corrected chi connectivity index (χ1v) is 10.8. The summed E-state index contributed by atoms with van der Waals surface area (Å²) < 4.78 is 10.8. The third-order valence-corrected chi connectivity index (χ3v) is 5.50. The fourth-order valence-electron chi connectivity index (χ4n) is 2.66. The SMILES string of the molecule is CC[C@H](C)c1ccc(OCC(=O)N/N=C/c2ccc(OC(=O)c3cccs3)cc2)cc1. The minimum Gasteiger partial charge on any atom is -0.484 e. The Morgan fingerprint density at radius 1 is 1.06 bits per heavy atom. The Balaban J connectivity index is 1.42. The molecule has 31 heavy (non-hydrogen) atoms. The monoisotopic (exact) mass is 436 g/mol. The Labute approximate surface area is 185 Å². The van der Waals surface area contributed by atoms with Gasteiger partial charge in [0.25, 0.3) is 5.91 Å². The number of esters is 1. The molecule has 0 fully saturated rings. The van der Waals surface area contributed by atoms with Gasteiger partial charge in [-0.2, -0.15) is 5.10 Å². The summed E-state index contributed by atoms with van der Waals surface area (Å²) in [6.45, 7) is 4.19. The van der Waals surface area contributed by atoms with E-state index in [2.05, 4.69) is 24.4 Å². The van der Waals surface area contributed by atoms with Gasteiger partial charge in [0, 0.05) is 0 Å². The molecule has 0 saturated carbocycles. The number of thiophene rings is 1. The third kappa shape index (κ3) is 6.79. The van der Waals surface area contributed by atoms with E-state index in [1.165, 1.54) is 23.1 Å². The molecule has 0 radical (unpaired) electrons. The highest BCUT2D eigenvalue weighted by Crippen LogP contribution is 2.21. The minimum absolute atomic E-state index is 0.127. The molecule has 0 aliphatic rings. The molecule has 3 aromatic rings. The number of rotatable bonds is 9. The standard InChI is InChI=1S/C24H24N2O4S/c1-3-17(2)19-8-12-20(13-9-19)29-16-23(27)26-25-15-18-6-10-21(11-7-18)30-24(28)22-5-4-14-31-22/h4-15,17H,3,16H2,1-2H3,(H,26,27)/b25-15+/t17-/m0/s1. The van der Waals surface area contributed by atoms with Crippen molar-refractivity contribution in [3.63, 3.8) is 0 Å². The molecule has 7 heteroatoms. The van der Waals surface area contributed by atoms with Gasteiger partial charge in [-0.3, -0.25) is 4.79 Å². The largest absolute Gasteiger partial charge is 0.484 e. The Morgan fingerprint density at radius 3 is 2.42 bits per heavy atom. The smallest absolute Gasteiger partial charge is 0.353 e. The molecule has 0 unspecified atom stereocenters. The number of nitrogens with zero attached hydrogens (tertiary/aromatic N) is 1. The van der Waals surface area contributed by atoms with Crippen LogP contribution in [0.5, 0.6) is 11.5 Å². The first-order chi connectivity index (χ1) is 15.0. The zero-order chi connectivity index (χ0) is 22.1. The Kier molecular flexibility index (Phi) is 7.95. The molecule has 1 heterocycles. The van der Waals surface area contributed by atoms with Crippen molar-refractivity contribution in [2.45, 2.75) is 26.2 Å². The van der Waals surface area contributed by atoms with E-state index in [0.29, 0.717) is 22.3 Å². The van der Waals surface area contributed by atoms with Crippen molar-refractivity contribution in [2.75, 3.05) is 6.61 Å². The number of carbonyl (C=O) groups is 2. The lowest BCUT2D eigenvalue weighted by Gasteiger charge is -2.10. The normalized spacial score (nSPS) is 11.8. The van der Waals surface area contributed by atoms with Crippen molar-refractivity contribution in [3.05, 3.63) is 82.0 Å². The number of hydrogen-bond donors (Lipinski definition) is 1. The molecule has 0 bridgehead atoms. The highest BCUT2D eigenvalue weighted by atomic mass is 32.1. The number of hydrogen-bond acceptors (Lipinski definition) is 6. The van der Waals surface area contributed by atoms with Gasteiger partial charge in [0.2, 0.25) is 0 Å². The van der Waals surface area contributed by atoms with Crippen molar-refractivity contribution in [1.29, 1.82) is 0 Å². The van der Waals surface area contributed by atoms with Crippen LogP contribution in [0.2, 0.25) is 0 Å². The van der Waals surface area contributed by atoms with Crippen LogP contribution in [0.3, 0.4) is 0 Å². The minimum atomic E-state index is -0.391. The number of nitrogens with one attached hydrogen (secondary N) is 1. The maximum atomic E-state index is 11.9. The van der Waals surface area contributed by atoms with E-state index in [1.807, 2.05) is 29.6 Å². The van der Waals surface area contributed by atoms with Crippen LogP contribution in [0.4, 0.5) is 0 Å². The van der Waals surface area contributed by atoms with Crippen molar-refractivity contribution in [2.24, 2.45) is 5.10 Å². The van der Waals surface area contributed by atoms with Crippen LogP contribution in [0.25, 0.3) is 0 Å². The van der Waals surface area contributed by atoms with Gasteiger partial charge in [-0.15, -0.1) is 11.3 Å². The number of carbonyl (C=O) groups excluding carboxylic acids is 2. The molecule has 0 aliphatic carbocycles. The quantitative estimate of drug-likeness (QED) is 0.221. The maximum absolute atomic E-state index is 11.9. The van der Waals surface area contributed by atoms with Crippen LogP contribution in [0.1, 0.15) is 47.0 Å². The summed E-state index contributed by atoms with van der Waals surface area (Å²) in [5.41, 5.74) is 4.42. The van der Waals surface area contributed by atoms with Gasteiger partial charge in [-0.25, -0.2) is 10.2 Å². The summed E-state index contributed by atoms with van der Waals surface area (Å²) in [4.78, 5) is 24.4. The van der Waals surface area contributed by atoms with Gasteiger partial charge in [0.05, 0.1) is 6.21 Å². The van der Waals surface area contributed by atoms with Crippen molar-refractivity contribution in [1.82, 2.24) is 5.43 Å². The summed E-state index contributed by atoms with van der Waals surface area (Å²) in [7, 11) is 0. The van der Waals surface area contributed by atoms with Crippen LogP contribution in [0.15, 0.2) is 71.1 Å². The molecule has 0 saturated heterocycles. The summed E-state index contributed by atoms with van der Waals surface area (Å²) in [5, 5.41) is 5.74. The van der Waals surface area contributed by atoms with Gasteiger partial charge in [0.15, 0.2) is 6.61 Å². The molecule has 1 aromatic heterocycles. The van der Waals surface area contributed by atoms with Crippen molar-refractivity contribution in [3.8, 4) is 11.5 Å². The van der Waals surface area contributed by atoms with Crippen LogP contribution in [-0.4, -0.2) is 24.7 Å². The Hall–Kier alpha value is -3.45. The number of ether oxygens (including phenoxy) is 2. The van der Waals surface area contributed by atoms with E-state index in [-0.39, 0.29) is 12.5 Å². The first kappa shape index (κ1) is 22.2. The second-order valence-electron chi connectivity index (χ2n) is 6.90. The summed E-state index contributed by atoms with van der Waals surface area (Å²) in [6.07, 6.45) is 2.58. The maximum Gasteiger partial charge on any atom is 0.353 e. The molecule has 2 aromatic carbocycles. The predicted molar refractivity (Wildman–Crippen MR) is 122 cm³/mol. The van der Waals surface area contributed by atoms with Gasteiger partial charge in [0.1, 0.15) is 16.4 Å². The molecule has 1 amide bonds. The lowest BCUT2D eigenvalue weighted by molar-refractivity contribution is -0.123. The van der Waals surface area contributed by atoms with Gasteiger partial charge in [-0.05, 0) is 71.3 Å². The highest BCUT2D eigenvalue weighted by Gasteiger charge is 2.09. The molecule has 3 rings (SSSR count). The molecular formula is C24H24N2O4S. The highest BCUT2D eigenvalue weighted by molar-refractivity contribution is 7.12. The molecule has 1 N–H and O–H groups in total. The van der Waals surface area contributed by atoms with Crippen molar-refractivity contribution >= 4 is 29.4 Å². The van der Waals surface area contributed by atoms with Crippen LogP contribution >= 0.6 is 11.3 Å². The average Bonchev–Trinajstić information content (AvgIpc) is 3.34. The second kappa shape index (κ2) is 11.1. The summed E-state index contributed by atoms with van der Waals surface area (Å²) >= 11 is 1.33. The molecule has 0 aliphatic heterocycles. The Morgan fingerprint density at radius 2 is 1.77 bits per heavy atom. The Bertz CT molecular complexity index is 1010. The molecule has 160 valence electrons. The fraction of sp³-hybridized carbons (Fsp3) is 0.208. The second-order valence-corrected chi connectivity index (χ2v) is 7.84. The topological polar surface area (TPSA) is 77.0 Å². The lowest BCUT2D eigenvalue weighted by atomic mass is 9.99. The fourth-order valence-corrected chi connectivity index (χ4v) is 3.26. The number of amides is 1. The summed E-state index contributed by atoms with van der Waals surface area (Å²) in [6, 6.07) is 18.1. The number of benzene rings is 2. The molecular weight excluding hydrogens is 412 g/mol. The first-order valence-electron chi connectivity index (χ1n) is 9.95. The van der Waals surface area contributed by atoms with Crippen LogP contribution in [0, 0.1) is 0 Å². The van der Waals surface area contributed by atoms with Crippen LogP contribution in [-0.2, 0) is 4.79 Å². The lowest BCUT2D eigenvalue weighted by Crippen LogP contribution is -2.24. The third-order valence-electron chi connectivity index (χ3n) is 4.65. The van der Waals surface area contributed by atoms with Gasteiger partial charge < -0.3 is 9.47 Å². The van der Waals surface area contributed by atoms with Crippen molar-refractivity contribution < 1.29 is 19.1 Å². The van der Waals surface area contributed by atoms with E-state index in [9.17, 15) is 9.59 Å². The van der Waals surface area contributed by atoms with E-state index in [4.69, 9.17) is 9.47 Å². The van der Waals surface area contributed by atoms with E-state index in [1.54, 1.807) is 36.4 Å².